The van der Waals surface area contributed by atoms with Crippen molar-refractivity contribution >= 4 is 39.8 Å². The zero-order valence-corrected chi connectivity index (χ0v) is 14.1. The molecule has 1 N–H and O–H groups in total. The highest BCUT2D eigenvalue weighted by Crippen LogP contribution is 2.33. The molecule has 0 saturated carbocycles. The van der Waals surface area contributed by atoms with Crippen LogP contribution in [0.5, 0.6) is 5.75 Å². The van der Waals surface area contributed by atoms with Crippen LogP contribution in [0, 0.1) is 16.3 Å². The van der Waals surface area contributed by atoms with E-state index in [-0.39, 0.29) is 5.75 Å². The fraction of sp³-hybridized carbons (Fsp3) is 0.125. The van der Waals surface area contributed by atoms with Gasteiger partial charge in [-0.2, -0.15) is 0 Å². The molecule has 22 heavy (non-hydrogen) atoms. The van der Waals surface area contributed by atoms with Crippen molar-refractivity contribution in [2.24, 2.45) is 0 Å². The number of nitrogens with one attached hydrogen (secondary N) is 1. The van der Waals surface area contributed by atoms with Crippen molar-refractivity contribution in [1.29, 1.82) is 0 Å². The summed E-state index contributed by atoms with van der Waals surface area (Å²) in [6, 6.07) is 5.13. The number of nitrogens with zero attached hydrogens (tertiary/aromatic N) is 1. The van der Waals surface area contributed by atoms with Gasteiger partial charge < -0.3 is 9.72 Å². The van der Waals surface area contributed by atoms with Gasteiger partial charge in [0.05, 0.1) is 21.9 Å². The molecule has 1 aromatic carbocycles. The van der Waals surface area contributed by atoms with Gasteiger partial charge in [-0.1, -0.05) is 0 Å². The van der Waals surface area contributed by atoms with Crippen LogP contribution in [0.4, 0.5) is 4.39 Å². The summed E-state index contributed by atoms with van der Waals surface area (Å²) in [5.41, 5.74) is 2.67. The Hall–Kier alpha value is -1.96. The Bertz CT molecular complexity index is 889. The van der Waals surface area contributed by atoms with E-state index in [1.807, 2.05) is 29.5 Å². The molecule has 112 valence electrons. The second-order valence-corrected chi connectivity index (χ2v) is 6.01. The molecule has 0 aliphatic carbocycles. The fourth-order valence-corrected chi connectivity index (χ4v) is 3.13. The fourth-order valence-electron chi connectivity index (χ4n) is 2.49. The molecule has 3 rings (SSSR count). The first kappa shape index (κ1) is 15.0. The van der Waals surface area contributed by atoms with Gasteiger partial charge in [-0.05, 0) is 53.3 Å². The first-order valence-electron chi connectivity index (χ1n) is 6.53. The molecule has 4 nitrogen and oxygen atoms in total. The monoisotopic (exact) mass is 410 g/mol. The zero-order valence-electron chi connectivity index (χ0n) is 11.9. The first-order chi connectivity index (χ1) is 10.6. The van der Waals surface area contributed by atoms with Crippen molar-refractivity contribution in [3.8, 4) is 17.0 Å². The smallest absolute Gasteiger partial charge is 0.175 e. The number of benzene rings is 1. The van der Waals surface area contributed by atoms with Crippen molar-refractivity contribution in [3.63, 3.8) is 0 Å². The summed E-state index contributed by atoms with van der Waals surface area (Å²) in [7, 11) is 1.42. The predicted molar refractivity (Wildman–Crippen MR) is 90.9 cm³/mol. The van der Waals surface area contributed by atoms with Crippen molar-refractivity contribution in [1.82, 2.24) is 9.97 Å². The Labute approximate surface area is 139 Å². The third kappa shape index (κ3) is 2.27. The minimum atomic E-state index is -0.485. The van der Waals surface area contributed by atoms with E-state index in [2.05, 4.69) is 9.97 Å². The molecule has 0 saturated heterocycles. The number of carbonyl (C=O) groups excluding carboxylic acids is 1. The number of hydrogen-bond acceptors (Lipinski definition) is 3. The van der Waals surface area contributed by atoms with Crippen LogP contribution >= 0.6 is 22.6 Å². The molecule has 0 spiro atoms. The van der Waals surface area contributed by atoms with Gasteiger partial charge >= 0.3 is 0 Å². The maximum absolute atomic E-state index is 14.6. The van der Waals surface area contributed by atoms with Crippen molar-refractivity contribution in [2.45, 2.75) is 6.92 Å². The Kier molecular flexibility index (Phi) is 3.86. The lowest BCUT2D eigenvalue weighted by atomic mass is 10.1. The van der Waals surface area contributed by atoms with Crippen molar-refractivity contribution in [3.05, 3.63) is 45.0 Å². The van der Waals surface area contributed by atoms with Gasteiger partial charge in [-0.25, -0.2) is 9.37 Å². The van der Waals surface area contributed by atoms with E-state index in [0.717, 1.165) is 16.5 Å². The summed E-state index contributed by atoms with van der Waals surface area (Å²) in [5, 5.41) is 0.761. The lowest BCUT2D eigenvalue weighted by Crippen LogP contribution is -1.98. The first-order valence-corrected chi connectivity index (χ1v) is 7.61. The van der Waals surface area contributed by atoms with Crippen LogP contribution in [-0.2, 0) is 0 Å². The highest BCUT2D eigenvalue weighted by molar-refractivity contribution is 14.1. The largest absolute Gasteiger partial charge is 0.493 e. The minimum absolute atomic E-state index is 0.176. The molecule has 0 atom stereocenters. The number of fused-ring (bicyclic) bond motifs is 1. The summed E-state index contributed by atoms with van der Waals surface area (Å²) >= 11 is 2.01. The quantitative estimate of drug-likeness (QED) is 0.523. The van der Waals surface area contributed by atoms with Crippen LogP contribution in [0.15, 0.2) is 24.4 Å². The molecule has 6 heteroatoms. The van der Waals surface area contributed by atoms with Gasteiger partial charge in [-0.15, -0.1) is 0 Å². The van der Waals surface area contributed by atoms with Gasteiger partial charge in [-0.3, -0.25) is 4.79 Å². The number of H-pyrrole nitrogens is 1. The number of methoxy groups -OCH3 is 1. The highest BCUT2D eigenvalue weighted by atomic mass is 127. The van der Waals surface area contributed by atoms with Crippen LogP contribution in [-0.4, -0.2) is 23.4 Å². The molecule has 2 aromatic heterocycles. The normalized spacial score (nSPS) is 10.9. The molecule has 2 heterocycles. The number of halogens is 2. The summed E-state index contributed by atoms with van der Waals surface area (Å²) in [6.07, 6.45) is 2.49. The molecule has 3 aromatic rings. The molecule has 0 bridgehead atoms. The molecular formula is C16H12FIN2O2. The number of ether oxygens (including phenoxy) is 1. The molecule has 0 fully saturated rings. The van der Waals surface area contributed by atoms with E-state index < -0.39 is 5.82 Å². The minimum Gasteiger partial charge on any atom is -0.493 e. The number of carbonyl (C=O) groups is 1. The summed E-state index contributed by atoms with van der Waals surface area (Å²) in [6.45, 7) is 1.89. The Morgan fingerprint density at radius 1 is 1.41 bits per heavy atom. The number of aryl methyl sites for hydroxylation is 1. The number of pyridine rings is 1. The van der Waals surface area contributed by atoms with Crippen LogP contribution in [0.1, 0.15) is 16.1 Å². The van der Waals surface area contributed by atoms with Crippen LogP contribution in [0.3, 0.4) is 0 Å². The van der Waals surface area contributed by atoms with Gasteiger partial charge in [0, 0.05) is 17.1 Å². The van der Waals surface area contributed by atoms with Crippen LogP contribution in [0.25, 0.3) is 22.2 Å². The van der Waals surface area contributed by atoms with Crippen molar-refractivity contribution in [2.75, 3.05) is 7.11 Å². The highest BCUT2D eigenvalue weighted by Gasteiger charge is 2.17. The van der Waals surface area contributed by atoms with E-state index in [9.17, 15) is 9.18 Å². The van der Waals surface area contributed by atoms with Gasteiger partial charge in [0.25, 0.3) is 0 Å². The zero-order chi connectivity index (χ0) is 15.9. The molecule has 0 unspecified atom stereocenters. The van der Waals surface area contributed by atoms with Gasteiger partial charge in [0.15, 0.2) is 17.9 Å². The predicted octanol–water partition coefficient (Wildman–Crippen LogP) is 4.10. The van der Waals surface area contributed by atoms with E-state index >= 15 is 0 Å². The van der Waals surface area contributed by atoms with Crippen LogP contribution in [0.2, 0.25) is 0 Å². The lowest BCUT2D eigenvalue weighted by Gasteiger charge is -2.10. The maximum Gasteiger partial charge on any atom is 0.175 e. The summed E-state index contributed by atoms with van der Waals surface area (Å²) in [5.74, 6) is -0.309. The SMILES string of the molecule is COc1c(I)ccc(-c2cc3[nH]cc(C)c3c(C=O)n2)c1F. The average molecular weight is 410 g/mol. The Balaban J connectivity index is 2.29. The Morgan fingerprint density at radius 3 is 2.86 bits per heavy atom. The Morgan fingerprint density at radius 2 is 2.18 bits per heavy atom. The molecule has 0 radical (unpaired) electrons. The molecule has 0 aliphatic rings. The standard InChI is InChI=1S/C16H12FIN2O2/c1-8-6-19-12-5-11(20-13(7-21)14(8)12)9-3-4-10(18)16(22-2)15(9)17/h3-7,19H,1-2H3. The van der Waals surface area contributed by atoms with Crippen LogP contribution < -0.4 is 4.74 Å². The van der Waals surface area contributed by atoms with E-state index in [0.29, 0.717) is 26.8 Å². The second-order valence-electron chi connectivity index (χ2n) is 4.85. The number of aromatic nitrogens is 2. The second kappa shape index (κ2) is 5.68. The number of hydrogen-bond donors (Lipinski definition) is 1. The van der Waals surface area contributed by atoms with E-state index in [1.54, 1.807) is 24.4 Å². The topological polar surface area (TPSA) is 55.0 Å². The molecule has 0 aliphatic heterocycles. The summed E-state index contributed by atoms with van der Waals surface area (Å²) < 4.78 is 20.4. The number of rotatable bonds is 3. The number of aldehydes is 1. The van der Waals surface area contributed by atoms with E-state index in [1.165, 1.54) is 7.11 Å². The lowest BCUT2D eigenvalue weighted by molar-refractivity contribution is 0.112. The van der Waals surface area contributed by atoms with E-state index in [4.69, 9.17) is 4.74 Å². The third-order valence-corrected chi connectivity index (χ3v) is 4.38. The van der Waals surface area contributed by atoms with Crippen molar-refractivity contribution < 1.29 is 13.9 Å². The average Bonchev–Trinajstić information content (AvgIpc) is 2.88. The molecular weight excluding hydrogens is 398 g/mol. The molecule has 0 amide bonds. The number of aromatic amines is 1. The summed E-state index contributed by atoms with van der Waals surface area (Å²) in [4.78, 5) is 18.7. The third-order valence-electron chi connectivity index (χ3n) is 3.53. The van der Waals surface area contributed by atoms with Gasteiger partial charge in [0.1, 0.15) is 5.69 Å². The van der Waals surface area contributed by atoms with Gasteiger partial charge in [0.2, 0.25) is 0 Å². The maximum atomic E-state index is 14.6.